The van der Waals surface area contributed by atoms with Crippen LogP contribution in [0.1, 0.15) is 29.5 Å². The molecule has 3 aliphatic heterocycles. The molecule has 41 heavy (non-hydrogen) atoms. The molecule has 2 unspecified atom stereocenters. The van der Waals surface area contributed by atoms with Crippen molar-refractivity contribution in [2.75, 3.05) is 24.7 Å². The van der Waals surface area contributed by atoms with Crippen LogP contribution in [0.5, 0.6) is 0 Å². The third-order valence-corrected chi connectivity index (χ3v) is 8.92. The fraction of sp³-hybridized carbons (Fsp3) is 0.344. The van der Waals surface area contributed by atoms with E-state index in [4.69, 9.17) is 11.6 Å². The predicted molar refractivity (Wildman–Crippen MR) is 158 cm³/mol. The average molecular weight is 572 g/mol. The molecule has 3 aliphatic rings. The minimum atomic E-state index is -0.737. The van der Waals surface area contributed by atoms with E-state index in [1.165, 1.54) is 5.56 Å². The molecule has 6 rings (SSSR count). The smallest absolute Gasteiger partial charge is 0.247 e. The summed E-state index contributed by atoms with van der Waals surface area (Å²) >= 11 is 6.10. The monoisotopic (exact) mass is 571 g/mol. The van der Waals surface area contributed by atoms with Gasteiger partial charge in [0, 0.05) is 36.8 Å². The molecule has 2 atom stereocenters. The number of benzene rings is 3. The maximum Gasteiger partial charge on any atom is 0.247 e. The Hall–Kier alpha value is -3.88. The van der Waals surface area contributed by atoms with Crippen molar-refractivity contribution in [3.05, 3.63) is 101 Å². The van der Waals surface area contributed by atoms with Crippen molar-refractivity contribution in [1.82, 2.24) is 20.9 Å². The average Bonchev–Trinajstić information content (AvgIpc) is 3.32. The number of para-hydroxylation sites is 1. The first-order valence-corrected chi connectivity index (χ1v) is 14.6. The van der Waals surface area contributed by atoms with Gasteiger partial charge in [-0.1, -0.05) is 66.2 Å². The van der Waals surface area contributed by atoms with Crippen LogP contribution < -0.4 is 20.9 Å². The van der Waals surface area contributed by atoms with E-state index in [1.54, 1.807) is 17.0 Å². The van der Waals surface area contributed by atoms with Crippen molar-refractivity contribution in [2.24, 2.45) is 0 Å². The van der Waals surface area contributed by atoms with Gasteiger partial charge >= 0.3 is 0 Å². The van der Waals surface area contributed by atoms with Crippen LogP contribution in [-0.2, 0) is 33.8 Å². The number of likely N-dealkylation sites (tertiary alicyclic amines) is 1. The Morgan fingerprint density at radius 2 is 1.63 bits per heavy atom. The molecule has 1 spiro atoms. The van der Waals surface area contributed by atoms with Crippen LogP contribution in [0.4, 0.5) is 5.69 Å². The Bertz CT molecular complexity index is 1420. The van der Waals surface area contributed by atoms with Crippen molar-refractivity contribution in [3.63, 3.8) is 0 Å². The van der Waals surface area contributed by atoms with Gasteiger partial charge in [-0.05, 0) is 60.2 Å². The molecule has 8 nitrogen and oxygen atoms in total. The van der Waals surface area contributed by atoms with E-state index in [2.05, 4.69) is 26.9 Å². The molecule has 2 saturated heterocycles. The van der Waals surface area contributed by atoms with Gasteiger partial charge in [-0.2, -0.15) is 0 Å². The molecule has 3 amide bonds. The number of nitrogens with zero attached hydrogens (tertiary/aromatic N) is 2. The topological polar surface area (TPSA) is 93.8 Å². The molecule has 3 aromatic carbocycles. The first kappa shape index (κ1) is 27.3. The highest BCUT2D eigenvalue weighted by atomic mass is 35.5. The molecule has 212 valence electrons. The number of piperidine rings is 1. The lowest BCUT2D eigenvalue weighted by Crippen LogP contribution is -2.60. The first-order valence-electron chi connectivity index (χ1n) is 14.2. The van der Waals surface area contributed by atoms with Gasteiger partial charge in [0.25, 0.3) is 0 Å². The summed E-state index contributed by atoms with van der Waals surface area (Å²) in [5.74, 6) is -0.321. The highest BCUT2D eigenvalue weighted by molar-refractivity contribution is 6.30. The third kappa shape index (κ3) is 5.54. The van der Waals surface area contributed by atoms with E-state index in [9.17, 15) is 14.4 Å². The number of carbonyl (C=O) groups is 3. The lowest BCUT2D eigenvalue weighted by atomic mass is 9.85. The Morgan fingerprint density at radius 1 is 0.951 bits per heavy atom. The van der Waals surface area contributed by atoms with E-state index in [-0.39, 0.29) is 17.7 Å². The normalized spacial score (nSPS) is 20.3. The number of hydrogen-bond donors (Lipinski definition) is 3. The minimum Gasteiger partial charge on any atom is -0.343 e. The number of hydrogen-bond acceptors (Lipinski definition) is 5. The van der Waals surface area contributed by atoms with Gasteiger partial charge in [0.2, 0.25) is 17.7 Å². The number of amides is 3. The zero-order chi connectivity index (χ0) is 28.4. The zero-order valence-electron chi connectivity index (χ0n) is 22.8. The lowest BCUT2D eigenvalue weighted by molar-refractivity contribution is -0.139. The summed E-state index contributed by atoms with van der Waals surface area (Å²) in [4.78, 5) is 44.5. The third-order valence-electron chi connectivity index (χ3n) is 8.67. The summed E-state index contributed by atoms with van der Waals surface area (Å²) in [6.45, 7) is 1.91. The van der Waals surface area contributed by atoms with Gasteiger partial charge in [0.05, 0.1) is 12.7 Å². The number of halogens is 1. The second-order valence-electron chi connectivity index (χ2n) is 11.1. The van der Waals surface area contributed by atoms with Crippen molar-refractivity contribution in [2.45, 2.75) is 49.9 Å². The number of rotatable bonds is 6. The van der Waals surface area contributed by atoms with Gasteiger partial charge in [-0.3, -0.25) is 14.4 Å². The molecule has 9 heteroatoms. The summed E-state index contributed by atoms with van der Waals surface area (Å²) < 4.78 is 0. The highest BCUT2D eigenvalue weighted by Gasteiger charge is 2.51. The molecule has 0 aromatic heterocycles. The number of nitrogens with one attached hydrogen (secondary N) is 3. The lowest BCUT2D eigenvalue weighted by Gasteiger charge is -2.44. The highest BCUT2D eigenvalue weighted by Crippen LogP contribution is 2.36. The van der Waals surface area contributed by atoms with Gasteiger partial charge in [0.1, 0.15) is 11.6 Å². The zero-order valence-corrected chi connectivity index (χ0v) is 23.6. The number of carbonyl (C=O) groups excluding carboxylic acids is 3. The summed E-state index contributed by atoms with van der Waals surface area (Å²) in [6.07, 6.45) is 1.95. The van der Waals surface area contributed by atoms with Crippen LogP contribution in [0.2, 0.25) is 5.02 Å². The molecule has 0 saturated carbocycles. The fourth-order valence-corrected chi connectivity index (χ4v) is 6.44. The van der Waals surface area contributed by atoms with E-state index < -0.39 is 17.6 Å². The molecule has 0 radical (unpaired) electrons. The fourth-order valence-electron chi connectivity index (χ4n) is 6.32. The van der Waals surface area contributed by atoms with Crippen LogP contribution >= 0.6 is 11.6 Å². The van der Waals surface area contributed by atoms with Gasteiger partial charge in [-0.15, -0.1) is 0 Å². The van der Waals surface area contributed by atoms with Gasteiger partial charge in [0.15, 0.2) is 0 Å². The van der Waals surface area contributed by atoms with E-state index in [1.807, 2.05) is 60.7 Å². The van der Waals surface area contributed by atoms with Crippen molar-refractivity contribution >= 4 is 35.0 Å². The SMILES string of the molecule is O=C(NC(Cc1ccc(Cl)cc1)C(=O)N1CCC2(CC1)C(=O)NCN2c1ccccc1)C1Cc2ccccc2CN1. The van der Waals surface area contributed by atoms with E-state index >= 15 is 0 Å². The number of anilines is 1. The van der Waals surface area contributed by atoms with E-state index in [0.717, 1.165) is 16.8 Å². The van der Waals surface area contributed by atoms with Gasteiger partial charge < -0.3 is 25.8 Å². The van der Waals surface area contributed by atoms with Crippen molar-refractivity contribution in [1.29, 1.82) is 0 Å². The van der Waals surface area contributed by atoms with Crippen LogP contribution in [0.3, 0.4) is 0 Å². The molecular formula is C32H34ClN5O3. The number of fused-ring (bicyclic) bond motifs is 1. The van der Waals surface area contributed by atoms with Crippen LogP contribution in [0.15, 0.2) is 78.9 Å². The molecule has 0 aliphatic carbocycles. The Morgan fingerprint density at radius 3 is 2.37 bits per heavy atom. The maximum absolute atomic E-state index is 14.0. The summed E-state index contributed by atoms with van der Waals surface area (Å²) in [6, 6.07) is 24.2. The van der Waals surface area contributed by atoms with E-state index in [0.29, 0.717) is 57.0 Å². The summed E-state index contributed by atoms with van der Waals surface area (Å²) in [7, 11) is 0. The summed E-state index contributed by atoms with van der Waals surface area (Å²) in [5, 5.41) is 10.0. The predicted octanol–water partition coefficient (Wildman–Crippen LogP) is 3.04. The second kappa shape index (κ2) is 11.5. The largest absolute Gasteiger partial charge is 0.343 e. The Labute approximate surface area is 245 Å². The molecular weight excluding hydrogens is 538 g/mol. The van der Waals surface area contributed by atoms with Gasteiger partial charge in [-0.25, -0.2) is 0 Å². The first-order chi connectivity index (χ1) is 19.9. The van der Waals surface area contributed by atoms with Crippen LogP contribution in [0, 0.1) is 0 Å². The minimum absolute atomic E-state index is 0.00289. The van der Waals surface area contributed by atoms with Crippen molar-refractivity contribution < 1.29 is 14.4 Å². The van der Waals surface area contributed by atoms with Crippen molar-refractivity contribution in [3.8, 4) is 0 Å². The quantitative estimate of drug-likeness (QED) is 0.423. The van der Waals surface area contributed by atoms with Crippen LogP contribution in [-0.4, -0.2) is 60.0 Å². The van der Waals surface area contributed by atoms with Crippen LogP contribution in [0.25, 0.3) is 0 Å². The summed E-state index contributed by atoms with van der Waals surface area (Å²) in [5.41, 5.74) is 3.54. The Kier molecular flexibility index (Phi) is 7.69. The molecule has 3 N–H and O–H groups in total. The Balaban J connectivity index is 1.17. The molecule has 2 fully saturated rings. The maximum atomic E-state index is 14.0. The molecule has 0 bridgehead atoms. The standard InChI is InChI=1S/C32H34ClN5O3/c33-25-12-10-22(11-13-25)18-28(36-29(39)27-19-23-6-4-5-7-24(23)20-34-27)30(40)37-16-14-32(15-17-37)31(41)35-21-38(32)26-8-2-1-3-9-26/h1-13,27-28,34H,14-21H2,(H,35,41)(H,36,39). The second-order valence-corrected chi connectivity index (χ2v) is 11.5. The molecule has 3 heterocycles. The molecule has 3 aromatic rings.